The Morgan fingerprint density at radius 3 is 2.36 bits per heavy atom. The number of hydrogen-bond acceptors (Lipinski definition) is 3. The van der Waals surface area contributed by atoms with Gasteiger partial charge < -0.3 is 20.5 Å². The first kappa shape index (κ1) is 18.5. The van der Waals surface area contributed by atoms with Crippen LogP contribution in [0.4, 0.5) is 5.69 Å². The fourth-order valence-electron chi connectivity index (χ4n) is 1.81. The molecule has 3 N–H and O–H groups in total. The summed E-state index contributed by atoms with van der Waals surface area (Å²) in [4.78, 5) is 4.23. The van der Waals surface area contributed by atoms with Gasteiger partial charge in [0.2, 0.25) is 0 Å². The van der Waals surface area contributed by atoms with E-state index in [9.17, 15) is 0 Å². The molecule has 0 aromatic heterocycles. The molecule has 1 aromatic rings. The molecule has 0 saturated carbocycles. The summed E-state index contributed by atoms with van der Waals surface area (Å²) < 4.78 is 10.8. The van der Waals surface area contributed by atoms with E-state index in [2.05, 4.69) is 36.3 Å². The average Bonchev–Trinajstić information content (AvgIpc) is 2.54. The van der Waals surface area contributed by atoms with Crippen molar-refractivity contribution in [3.63, 3.8) is 0 Å². The normalized spacial score (nSPS) is 11.6. The fourth-order valence-corrected chi connectivity index (χ4v) is 1.81. The molecule has 5 heteroatoms. The van der Waals surface area contributed by atoms with E-state index in [4.69, 9.17) is 15.2 Å². The molecule has 0 unspecified atom stereocenters. The average molecular weight is 307 g/mol. The first-order chi connectivity index (χ1) is 10.8. The number of ether oxygens (including phenoxy) is 2. The minimum absolute atomic E-state index is 0.409. The quantitative estimate of drug-likeness (QED) is 0.375. The van der Waals surface area contributed by atoms with Gasteiger partial charge in [0.25, 0.3) is 0 Å². The van der Waals surface area contributed by atoms with Crippen LogP contribution in [0.5, 0.6) is 0 Å². The van der Waals surface area contributed by atoms with Crippen LogP contribution in [0.1, 0.15) is 32.3 Å². The molecule has 0 spiro atoms. The second-order valence-electron chi connectivity index (χ2n) is 5.02. The van der Waals surface area contributed by atoms with Gasteiger partial charge in [-0.25, -0.2) is 0 Å². The van der Waals surface area contributed by atoms with Crippen LogP contribution >= 0.6 is 0 Å². The SMILES string of the molecule is CCCCOCCOCCN=C(N)Nc1ccc(CC)cc1. The highest BCUT2D eigenvalue weighted by molar-refractivity contribution is 5.92. The Kier molecular flexibility index (Phi) is 10.1. The molecule has 5 nitrogen and oxygen atoms in total. The Labute approximate surface area is 133 Å². The van der Waals surface area contributed by atoms with Gasteiger partial charge in [-0.05, 0) is 30.5 Å². The fraction of sp³-hybridized carbons (Fsp3) is 0.588. The third-order valence-corrected chi connectivity index (χ3v) is 3.17. The van der Waals surface area contributed by atoms with Crippen molar-refractivity contribution in [3.05, 3.63) is 29.8 Å². The molecule has 22 heavy (non-hydrogen) atoms. The van der Waals surface area contributed by atoms with Gasteiger partial charge in [0.1, 0.15) is 0 Å². The molecular weight excluding hydrogens is 278 g/mol. The number of anilines is 1. The van der Waals surface area contributed by atoms with Crippen molar-refractivity contribution in [2.45, 2.75) is 33.1 Å². The molecule has 124 valence electrons. The molecule has 0 saturated heterocycles. The third-order valence-electron chi connectivity index (χ3n) is 3.17. The number of hydrogen-bond donors (Lipinski definition) is 2. The predicted octanol–water partition coefficient (Wildman–Crippen LogP) is 2.81. The smallest absolute Gasteiger partial charge is 0.193 e. The number of rotatable bonds is 11. The zero-order valence-corrected chi connectivity index (χ0v) is 13.8. The number of unbranched alkanes of at least 4 members (excludes halogenated alkanes) is 1. The minimum Gasteiger partial charge on any atom is -0.379 e. The van der Waals surface area contributed by atoms with Gasteiger partial charge in [-0.3, -0.25) is 4.99 Å². The lowest BCUT2D eigenvalue weighted by molar-refractivity contribution is 0.0498. The molecule has 0 heterocycles. The van der Waals surface area contributed by atoms with Gasteiger partial charge in [-0.2, -0.15) is 0 Å². The number of nitrogens with zero attached hydrogens (tertiary/aromatic N) is 1. The van der Waals surface area contributed by atoms with Crippen LogP contribution in [-0.2, 0) is 15.9 Å². The van der Waals surface area contributed by atoms with E-state index >= 15 is 0 Å². The van der Waals surface area contributed by atoms with Crippen molar-refractivity contribution < 1.29 is 9.47 Å². The standard InChI is InChI=1S/C17H29N3O2/c1-3-5-11-21-13-14-22-12-10-19-17(18)20-16-8-6-15(4-2)7-9-16/h6-9H,3-5,10-14H2,1-2H3,(H3,18,19,20). The lowest BCUT2D eigenvalue weighted by Crippen LogP contribution is -2.23. The summed E-state index contributed by atoms with van der Waals surface area (Å²) in [5.41, 5.74) is 8.08. The summed E-state index contributed by atoms with van der Waals surface area (Å²) >= 11 is 0. The second kappa shape index (κ2) is 12.0. The summed E-state index contributed by atoms with van der Waals surface area (Å²) in [6.45, 7) is 7.43. The maximum Gasteiger partial charge on any atom is 0.193 e. The number of aliphatic imine (C=N–C) groups is 1. The van der Waals surface area contributed by atoms with Crippen LogP contribution in [0.25, 0.3) is 0 Å². The van der Waals surface area contributed by atoms with Crippen LogP contribution in [0.2, 0.25) is 0 Å². The van der Waals surface area contributed by atoms with Gasteiger partial charge in [0.15, 0.2) is 5.96 Å². The topological polar surface area (TPSA) is 68.9 Å². The molecule has 0 aliphatic carbocycles. The molecule has 0 fully saturated rings. The summed E-state index contributed by atoms with van der Waals surface area (Å²) in [6.07, 6.45) is 3.29. The molecule has 0 aliphatic rings. The Balaban J connectivity index is 2.09. The van der Waals surface area contributed by atoms with E-state index < -0.39 is 0 Å². The van der Waals surface area contributed by atoms with Crippen LogP contribution in [-0.4, -0.2) is 38.9 Å². The van der Waals surface area contributed by atoms with Crippen molar-refractivity contribution >= 4 is 11.6 Å². The largest absolute Gasteiger partial charge is 0.379 e. The van der Waals surface area contributed by atoms with Crippen molar-refractivity contribution in [2.24, 2.45) is 10.7 Å². The van der Waals surface area contributed by atoms with Crippen molar-refractivity contribution in [3.8, 4) is 0 Å². The maximum absolute atomic E-state index is 5.83. The summed E-state index contributed by atoms with van der Waals surface area (Å²) in [5, 5.41) is 3.07. The van der Waals surface area contributed by atoms with E-state index in [1.165, 1.54) is 5.56 Å². The first-order valence-electron chi connectivity index (χ1n) is 8.07. The maximum atomic E-state index is 5.83. The van der Waals surface area contributed by atoms with Gasteiger partial charge in [0, 0.05) is 12.3 Å². The Morgan fingerprint density at radius 2 is 1.73 bits per heavy atom. The molecule has 0 radical (unpaired) electrons. The molecule has 0 bridgehead atoms. The van der Waals surface area contributed by atoms with E-state index in [-0.39, 0.29) is 0 Å². The van der Waals surface area contributed by atoms with Crippen LogP contribution in [0.3, 0.4) is 0 Å². The van der Waals surface area contributed by atoms with Crippen molar-refractivity contribution in [1.82, 2.24) is 0 Å². The summed E-state index contributed by atoms with van der Waals surface area (Å²) in [5.74, 6) is 0.409. The zero-order valence-electron chi connectivity index (χ0n) is 13.8. The van der Waals surface area contributed by atoms with E-state index in [1.54, 1.807) is 0 Å². The number of aryl methyl sites for hydroxylation is 1. The molecule has 1 aromatic carbocycles. The lowest BCUT2D eigenvalue weighted by Gasteiger charge is -2.07. The summed E-state index contributed by atoms with van der Waals surface area (Å²) in [6, 6.07) is 8.17. The van der Waals surface area contributed by atoms with E-state index in [0.717, 1.165) is 31.6 Å². The van der Waals surface area contributed by atoms with Gasteiger partial charge in [-0.1, -0.05) is 32.4 Å². The van der Waals surface area contributed by atoms with Crippen LogP contribution < -0.4 is 11.1 Å². The van der Waals surface area contributed by atoms with Crippen LogP contribution in [0, 0.1) is 0 Å². The second-order valence-corrected chi connectivity index (χ2v) is 5.02. The van der Waals surface area contributed by atoms with Gasteiger partial charge >= 0.3 is 0 Å². The van der Waals surface area contributed by atoms with Crippen molar-refractivity contribution in [1.29, 1.82) is 0 Å². The Hall–Kier alpha value is -1.59. The molecule has 1 rings (SSSR count). The van der Waals surface area contributed by atoms with Gasteiger partial charge in [-0.15, -0.1) is 0 Å². The molecule has 0 amide bonds. The number of nitrogens with two attached hydrogens (primary N) is 1. The minimum atomic E-state index is 0.409. The lowest BCUT2D eigenvalue weighted by atomic mass is 10.1. The molecule has 0 aliphatic heterocycles. The van der Waals surface area contributed by atoms with Crippen molar-refractivity contribution in [2.75, 3.05) is 38.3 Å². The van der Waals surface area contributed by atoms with Crippen LogP contribution in [0.15, 0.2) is 29.3 Å². The van der Waals surface area contributed by atoms with E-state index in [1.807, 2.05) is 12.1 Å². The van der Waals surface area contributed by atoms with E-state index in [0.29, 0.717) is 32.3 Å². The van der Waals surface area contributed by atoms with Gasteiger partial charge in [0.05, 0.1) is 26.4 Å². The molecule has 0 atom stereocenters. The zero-order chi connectivity index (χ0) is 16.0. The number of nitrogens with one attached hydrogen (secondary N) is 1. The first-order valence-corrected chi connectivity index (χ1v) is 8.07. The highest BCUT2D eigenvalue weighted by Crippen LogP contribution is 2.09. The predicted molar refractivity (Wildman–Crippen MR) is 92.5 cm³/mol. The summed E-state index contributed by atoms with van der Waals surface area (Å²) in [7, 11) is 0. The number of benzene rings is 1. The highest BCUT2D eigenvalue weighted by Gasteiger charge is 1.96. The molecular formula is C17H29N3O2. The monoisotopic (exact) mass is 307 g/mol. The third kappa shape index (κ3) is 8.64. The number of guanidine groups is 1. The Morgan fingerprint density at radius 1 is 1.05 bits per heavy atom. The Bertz CT molecular complexity index is 418. The highest BCUT2D eigenvalue weighted by atomic mass is 16.5.